The molecule has 0 aromatic heterocycles. The second kappa shape index (κ2) is 13.9. The maximum atomic E-state index is 11.8. The molecule has 1 atom stereocenters. The van der Waals surface area contributed by atoms with Gasteiger partial charge in [0, 0.05) is 19.2 Å². The van der Waals surface area contributed by atoms with E-state index in [0.29, 0.717) is 24.6 Å². The van der Waals surface area contributed by atoms with Crippen molar-refractivity contribution in [2.24, 2.45) is 10.9 Å². The fraction of sp³-hybridized carbons (Fsp3) is 0.417. The number of nitrogens with one attached hydrogen (secondary N) is 3. The zero-order valence-corrected chi connectivity index (χ0v) is 21.4. The first-order valence-electron chi connectivity index (χ1n) is 10.5. The summed E-state index contributed by atoms with van der Waals surface area (Å²) >= 11 is 0. The van der Waals surface area contributed by atoms with Crippen molar-refractivity contribution in [3.8, 4) is 5.75 Å². The topological polar surface area (TPSA) is 74.8 Å². The SMILES string of the molecule is CCNC(=NCc1cccc(C(=O)NC)c1)NC(C)c1ccc(OCC(C)C)cc1.I. The first-order valence-corrected chi connectivity index (χ1v) is 10.5. The molecule has 7 heteroatoms. The van der Waals surface area contributed by atoms with E-state index in [1.807, 2.05) is 37.3 Å². The van der Waals surface area contributed by atoms with Crippen LogP contribution in [0.15, 0.2) is 53.5 Å². The Morgan fingerprint density at radius 3 is 2.42 bits per heavy atom. The number of rotatable bonds is 9. The normalized spacial score (nSPS) is 12.0. The molecule has 6 nitrogen and oxygen atoms in total. The van der Waals surface area contributed by atoms with Crippen LogP contribution in [0.25, 0.3) is 0 Å². The van der Waals surface area contributed by atoms with E-state index in [9.17, 15) is 4.79 Å². The van der Waals surface area contributed by atoms with Crippen LogP contribution in [-0.4, -0.2) is 32.1 Å². The molecule has 0 fully saturated rings. The number of carbonyl (C=O) groups excluding carboxylic acids is 1. The summed E-state index contributed by atoms with van der Waals surface area (Å²) in [4.78, 5) is 16.5. The second-order valence-electron chi connectivity index (χ2n) is 7.61. The van der Waals surface area contributed by atoms with Gasteiger partial charge in [-0.3, -0.25) is 4.79 Å². The van der Waals surface area contributed by atoms with E-state index < -0.39 is 0 Å². The van der Waals surface area contributed by atoms with Crippen molar-refractivity contribution in [1.29, 1.82) is 0 Å². The van der Waals surface area contributed by atoms with Gasteiger partial charge in [0.25, 0.3) is 5.91 Å². The number of ether oxygens (including phenoxy) is 1. The first kappa shape index (κ1) is 26.7. The summed E-state index contributed by atoms with van der Waals surface area (Å²) in [7, 11) is 1.63. The Balaban J connectivity index is 0.00000480. The lowest BCUT2D eigenvalue weighted by molar-refractivity contribution is 0.0963. The van der Waals surface area contributed by atoms with Gasteiger partial charge in [0.15, 0.2) is 5.96 Å². The fourth-order valence-electron chi connectivity index (χ4n) is 2.85. The summed E-state index contributed by atoms with van der Waals surface area (Å²) in [6.07, 6.45) is 0. The third-order valence-electron chi connectivity index (χ3n) is 4.50. The average molecular weight is 538 g/mol. The summed E-state index contributed by atoms with van der Waals surface area (Å²) in [5.41, 5.74) is 2.77. The Hall–Kier alpha value is -2.29. The van der Waals surface area contributed by atoms with Gasteiger partial charge in [0.2, 0.25) is 0 Å². The number of guanidine groups is 1. The minimum absolute atomic E-state index is 0. The molecule has 0 aliphatic rings. The lowest BCUT2D eigenvalue weighted by Gasteiger charge is -2.19. The summed E-state index contributed by atoms with van der Waals surface area (Å²) in [6.45, 7) is 10.4. The van der Waals surface area contributed by atoms with Crippen molar-refractivity contribution in [1.82, 2.24) is 16.0 Å². The number of hydrogen-bond donors (Lipinski definition) is 3. The zero-order chi connectivity index (χ0) is 21.9. The first-order chi connectivity index (χ1) is 14.4. The van der Waals surface area contributed by atoms with Gasteiger partial charge in [-0.15, -0.1) is 24.0 Å². The lowest BCUT2D eigenvalue weighted by atomic mass is 10.1. The van der Waals surface area contributed by atoms with Gasteiger partial charge in [0.05, 0.1) is 19.2 Å². The van der Waals surface area contributed by atoms with E-state index >= 15 is 0 Å². The summed E-state index contributed by atoms with van der Waals surface area (Å²) in [5, 5.41) is 9.37. The number of aliphatic imine (C=N–C) groups is 1. The number of benzene rings is 2. The van der Waals surface area contributed by atoms with Crippen molar-refractivity contribution in [2.75, 3.05) is 20.2 Å². The molecule has 0 saturated heterocycles. The molecule has 0 bridgehead atoms. The van der Waals surface area contributed by atoms with Gasteiger partial charge < -0.3 is 20.7 Å². The molecule has 0 radical (unpaired) electrons. The maximum absolute atomic E-state index is 11.8. The van der Waals surface area contributed by atoms with Crippen LogP contribution in [0.5, 0.6) is 5.75 Å². The van der Waals surface area contributed by atoms with Crippen molar-refractivity contribution < 1.29 is 9.53 Å². The molecule has 170 valence electrons. The predicted molar refractivity (Wildman–Crippen MR) is 138 cm³/mol. The zero-order valence-electron chi connectivity index (χ0n) is 19.1. The number of amides is 1. The van der Waals surface area contributed by atoms with E-state index in [0.717, 1.165) is 29.4 Å². The third kappa shape index (κ3) is 9.16. The van der Waals surface area contributed by atoms with Crippen LogP contribution < -0.4 is 20.7 Å². The molecular weight excluding hydrogens is 503 g/mol. The van der Waals surface area contributed by atoms with Crippen molar-refractivity contribution >= 4 is 35.8 Å². The Bertz CT molecular complexity index is 838. The fourth-order valence-corrected chi connectivity index (χ4v) is 2.85. The number of hydrogen-bond acceptors (Lipinski definition) is 3. The number of nitrogens with zero attached hydrogens (tertiary/aromatic N) is 1. The van der Waals surface area contributed by atoms with E-state index in [1.165, 1.54) is 0 Å². The highest BCUT2D eigenvalue weighted by Gasteiger charge is 2.09. The van der Waals surface area contributed by atoms with Crippen LogP contribution in [0, 0.1) is 5.92 Å². The Morgan fingerprint density at radius 2 is 1.81 bits per heavy atom. The minimum Gasteiger partial charge on any atom is -0.493 e. The molecule has 31 heavy (non-hydrogen) atoms. The molecule has 2 aromatic rings. The highest BCUT2D eigenvalue weighted by Crippen LogP contribution is 2.18. The molecule has 0 spiro atoms. The van der Waals surface area contributed by atoms with Gasteiger partial charge in [-0.25, -0.2) is 4.99 Å². The molecule has 1 unspecified atom stereocenters. The van der Waals surface area contributed by atoms with E-state index in [1.54, 1.807) is 13.1 Å². The largest absolute Gasteiger partial charge is 0.493 e. The van der Waals surface area contributed by atoms with Crippen LogP contribution in [0.1, 0.15) is 55.2 Å². The molecule has 0 aliphatic heterocycles. The second-order valence-corrected chi connectivity index (χ2v) is 7.61. The molecule has 3 N–H and O–H groups in total. The molecule has 0 aliphatic carbocycles. The summed E-state index contributed by atoms with van der Waals surface area (Å²) < 4.78 is 5.76. The smallest absolute Gasteiger partial charge is 0.251 e. The Labute approximate surface area is 203 Å². The quantitative estimate of drug-likeness (QED) is 0.250. The third-order valence-corrected chi connectivity index (χ3v) is 4.50. The van der Waals surface area contributed by atoms with E-state index in [4.69, 9.17) is 4.74 Å². The molecular formula is C24H35IN4O2. The van der Waals surface area contributed by atoms with Gasteiger partial charge >= 0.3 is 0 Å². The highest BCUT2D eigenvalue weighted by molar-refractivity contribution is 14.0. The Morgan fingerprint density at radius 1 is 1.10 bits per heavy atom. The van der Waals surface area contributed by atoms with Crippen LogP contribution in [0.3, 0.4) is 0 Å². The number of halogens is 1. The maximum Gasteiger partial charge on any atom is 0.251 e. The van der Waals surface area contributed by atoms with Gasteiger partial charge in [-0.1, -0.05) is 38.1 Å². The van der Waals surface area contributed by atoms with Crippen molar-refractivity contribution in [3.63, 3.8) is 0 Å². The average Bonchev–Trinajstić information content (AvgIpc) is 2.76. The summed E-state index contributed by atoms with van der Waals surface area (Å²) in [5.74, 6) is 2.02. The van der Waals surface area contributed by atoms with Crippen molar-refractivity contribution in [3.05, 3.63) is 65.2 Å². The van der Waals surface area contributed by atoms with E-state index in [-0.39, 0.29) is 35.9 Å². The minimum atomic E-state index is -0.0969. The molecule has 0 heterocycles. The monoisotopic (exact) mass is 538 g/mol. The Kier molecular flexibility index (Phi) is 12.0. The molecule has 2 rings (SSSR count). The van der Waals surface area contributed by atoms with Gasteiger partial charge in [-0.05, 0) is 55.2 Å². The van der Waals surface area contributed by atoms with Crippen LogP contribution in [0.2, 0.25) is 0 Å². The molecule has 2 aromatic carbocycles. The predicted octanol–water partition coefficient (Wildman–Crippen LogP) is 4.52. The standard InChI is InChI=1S/C24H34N4O2.HI/c1-6-26-24(27-15-19-8-7-9-21(14-19)23(29)25-5)28-18(4)20-10-12-22(13-11-20)30-16-17(2)3;/h7-14,17-18H,6,15-16H2,1-5H3,(H,25,29)(H2,26,27,28);1H. The summed E-state index contributed by atoms with van der Waals surface area (Å²) in [6, 6.07) is 15.7. The van der Waals surface area contributed by atoms with Crippen molar-refractivity contribution in [2.45, 2.75) is 40.3 Å². The highest BCUT2D eigenvalue weighted by atomic mass is 127. The van der Waals surface area contributed by atoms with Crippen LogP contribution >= 0.6 is 24.0 Å². The number of carbonyl (C=O) groups is 1. The van der Waals surface area contributed by atoms with E-state index in [2.05, 4.69) is 53.8 Å². The van der Waals surface area contributed by atoms with Gasteiger partial charge in [-0.2, -0.15) is 0 Å². The lowest BCUT2D eigenvalue weighted by Crippen LogP contribution is -2.38. The van der Waals surface area contributed by atoms with Crippen LogP contribution in [0.4, 0.5) is 0 Å². The van der Waals surface area contributed by atoms with Crippen LogP contribution in [-0.2, 0) is 6.54 Å². The van der Waals surface area contributed by atoms with Gasteiger partial charge in [0.1, 0.15) is 5.75 Å². The molecule has 1 amide bonds. The molecule has 0 saturated carbocycles.